The minimum atomic E-state index is -2.68. The molecule has 0 amide bonds. The summed E-state index contributed by atoms with van der Waals surface area (Å²) >= 11 is 0. The fraction of sp³-hybridized carbons (Fsp3) is 1.00. The molecule has 0 radical (unpaired) electrons. The maximum Gasteiger partial charge on any atom is 0.150 e. The first-order chi connectivity index (χ1) is 5.12. The summed E-state index contributed by atoms with van der Waals surface area (Å²) in [6.07, 6.45) is 1.04. The zero-order valence-corrected chi connectivity index (χ0v) is 7.18. The highest BCUT2D eigenvalue weighted by molar-refractivity contribution is 7.91. The standard InChI is InChI=1S/C7H13NO2S/c8-2-5-1-6-3-11(9,10)4-7(5)6/h5-7H,1-4,8H2. The van der Waals surface area contributed by atoms with E-state index in [4.69, 9.17) is 5.73 Å². The summed E-state index contributed by atoms with van der Waals surface area (Å²) in [4.78, 5) is 0. The topological polar surface area (TPSA) is 60.2 Å². The van der Waals surface area contributed by atoms with E-state index >= 15 is 0 Å². The molecule has 1 aliphatic carbocycles. The van der Waals surface area contributed by atoms with Crippen molar-refractivity contribution in [3.63, 3.8) is 0 Å². The van der Waals surface area contributed by atoms with E-state index in [1.807, 2.05) is 0 Å². The van der Waals surface area contributed by atoms with E-state index in [9.17, 15) is 8.42 Å². The molecule has 0 spiro atoms. The van der Waals surface area contributed by atoms with Crippen LogP contribution in [0.1, 0.15) is 6.42 Å². The molecule has 64 valence electrons. The van der Waals surface area contributed by atoms with Gasteiger partial charge in [0.25, 0.3) is 0 Å². The van der Waals surface area contributed by atoms with Gasteiger partial charge in [-0.1, -0.05) is 0 Å². The van der Waals surface area contributed by atoms with Gasteiger partial charge in [0.05, 0.1) is 11.5 Å². The molecule has 3 atom stereocenters. The van der Waals surface area contributed by atoms with Gasteiger partial charge in [0.15, 0.2) is 9.84 Å². The van der Waals surface area contributed by atoms with E-state index in [1.165, 1.54) is 0 Å². The van der Waals surface area contributed by atoms with Crippen LogP contribution >= 0.6 is 0 Å². The predicted octanol–water partition coefficient (Wildman–Crippen LogP) is -0.374. The zero-order valence-electron chi connectivity index (χ0n) is 6.36. The average molecular weight is 175 g/mol. The smallest absolute Gasteiger partial charge is 0.150 e. The molecule has 1 saturated heterocycles. The van der Waals surface area contributed by atoms with Crippen molar-refractivity contribution in [3.8, 4) is 0 Å². The summed E-state index contributed by atoms with van der Waals surface area (Å²) in [5.74, 6) is 2.18. The Morgan fingerprint density at radius 3 is 2.64 bits per heavy atom. The van der Waals surface area contributed by atoms with Crippen LogP contribution in [0.3, 0.4) is 0 Å². The highest BCUT2D eigenvalue weighted by Gasteiger charge is 2.49. The van der Waals surface area contributed by atoms with Gasteiger partial charge in [-0.2, -0.15) is 0 Å². The summed E-state index contributed by atoms with van der Waals surface area (Å²) in [6.45, 7) is 0.663. The Balaban J connectivity index is 2.10. The van der Waals surface area contributed by atoms with E-state index in [2.05, 4.69) is 0 Å². The second-order valence-corrected chi connectivity index (χ2v) is 5.89. The van der Waals surface area contributed by atoms with Crippen molar-refractivity contribution in [2.45, 2.75) is 6.42 Å². The molecule has 0 aromatic heterocycles. The molecule has 3 unspecified atom stereocenters. The molecular formula is C7H13NO2S. The molecule has 0 aromatic carbocycles. The molecule has 3 nitrogen and oxygen atoms in total. The fourth-order valence-electron chi connectivity index (χ4n) is 2.35. The third-order valence-electron chi connectivity index (χ3n) is 3.03. The largest absolute Gasteiger partial charge is 0.330 e. The summed E-state index contributed by atoms with van der Waals surface area (Å²) in [5.41, 5.74) is 5.48. The number of hydrogen-bond acceptors (Lipinski definition) is 3. The van der Waals surface area contributed by atoms with Crippen LogP contribution in [-0.4, -0.2) is 26.5 Å². The third-order valence-corrected chi connectivity index (χ3v) is 4.86. The molecule has 1 aliphatic heterocycles. The van der Waals surface area contributed by atoms with Crippen molar-refractivity contribution in [3.05, 3.63) is 0 Å². The lowest BCUT2D eigenvalue weighted by molar-refractivity contribution is 0.129. The van der Waals surface area contributed by atoms with Crippen molar-refractivity contribution in [2.75, 3.05) is 18.1 Å². The number of hydrogen-bond donors (Lipinski definition) is 1. The molecule has 2 fully saturated rings. The lowest BCUT2D eigenvalue weighted by atomic mass is 9.67. The molecule has 0 aromatic rings. The second-order valence-electron chi connectivity index (χ2n) is 3.73. The van der Waals surface area contributed by atoms with Crippen LogP contribution in [0.15, 0.2) is 0 Å². The summed E-state index contributed by atoms with van der Waals surface area (Å²) in [6, 6.07) is 0. The van der Waals surface area contributed by atoms with Crippen LogP contribution in [0.25, 0.3) is 0 Å². The highest BCUT2D eigenvalue weighted by Crippen LogP contribution is 2.46. The van der Waals surface area contributed by atoms with Crippen LogP contribution in [0.2, 0.25) is 0 Å². The van der Waals surface area contributed by atoms with Gasteiger partial charge in [-0.25, -0.2) is 8.42 Å². The Morgan fingerprint density at radius 1 is 1.36 bits per heavy atom. The van der Waals surface area contributed by atoms with Gasteiger partial charge in [0.2, 0.25) is 0 Å². The lowest BCUT2D eigenvalue weighted by Crippen LogP contribution is -2.39. The maximum atomic E-state index is 11.1. The quantitative estimate of drug-likeness (QED) is 0.591. The molecule has 4 heteroatoms. The van der Waals surface area contributed by atoms with E-state index in [0.29, 0.717) is 35.8 Å². The maximum absolute atomic E-state index is 11.1. The Morgan fingerprint density at radius 2 is 2.09 bits per heavy atom. The van der Waals surface area contributed by atoms with E-state index in [1.54, 1.807) is 0 Å². The lowest BCUT2D eigenvalue weighted by Gasteiger charge is -2.38. The normalized spacial score (nSPS) is 46.5. The van der Waals surface area contributed by atoms with E-state index < -0.39 is 9.84 Å². The summed E-state index contributed by atoms with van der Waals surface area (Å²) in [7, 11) is -2.68. The second kappa shape index (κ2) is 2.20. The van der Waals surface area contributed by atoms with E-state index in [0.717, 1.165) is 6.42 Å². The van der Waals surface area contributed by atoms with Gasteiger partial charge in [0, 0.05) is 0 Å². The first-order valence-electron chi connectivity index (χ1n) is 4.03. The number of fused-ring (bicyclic) bond motifs is 1. The van der Waals surface area contributed by atoms with Crippen LogP contribution in [0.5, 0.6) is 0 Å². The van der Waals surface area contributed by atoms with Gasteiger partial charge in [-0.15, -0.1) is 0 Å². The van der Waals surface area contributed by atoms with Crippen LogP contribution < -0.4 is 5.73 Å². The van der Waals surface area contributed by atoms with Crippen molar-refractivity contribution in [1.82, 2.24) is 0 Å². The van der Waals surface area contributed by atoms with Gasteiger partial charge >= 0.3 is 0 Å². The Bertz CT molecular complexity index is 260. The Kier molecular flexibility index (Phi) is 1.51. The van der Waals surface area contributed by atoms with Gasteiger partial charge < -0.3 is 5.73 Å². The van der Waals surface area contributed by atoms with Gasteiger partial charge in [-0.05, 0) is 30.7 Å². The molecule has 1 saturated carbocycles. The SMILES string of the molecule is NCC1CC2CS(=O)(=O)CC12. The third kappa shape index (κ3) is 1.08. The van der Waals surface area contributed by atoms with Crippen molar-refractivity contribution >= 4 is 9.84 Å². The Hall–Kier alpha value is -0.0900. The minimum Gasteiger partial charge on any atom is -0.330 e. The van der Waals surface area contributed by atoms with Crippen LogP contribution in [0.4, 0.5) is 0 Å². The van der Waals surface area contributed by atoms with Crippen LogP contribution in [0, 0.1) is 17.8 Å². The molecule has 0 bridgehead atoms. The number of sulfone groups is 1. The first-order valence-corrected chi connectivity index (χ1v) is 5.85. The van der Waals surface area contributed by atoms with Gasteiger partial charge in [-0.3, -0.25) is 0 Å². The fourth-order valence-corrected chi connectivity index (χ4v) is 4.65. The van der Waals surface area contributed by atoms with E-state index in [-0.39, 0.29) is 0 Å². The first kappa shape index (κ1) is 7.55. The summed E-state index contributed by atoms with van der Waals surface area (Å²) < 4.78 is 22.2. The molecule has 2 N–H and O–H groups in total. The Labute approximate surface area is 66.9 Å². The van der Waals surface area contributed by atoms with Gasteiger partial charge in [0.1, 0.15) is 0 Å². The molecule has 11 heavy (non-hydrogen) atoms. The highest BCUT2D eigenvalue weighted by atomic mass is 32.2. The van der Waals surface area contributed by atoms with Crippen molar-refractivity contribution in [1.29, 1.82) is 0 Å². The number of nitrogens with two attached hydrogens (primary N) is 1. The van der Waals surface area contributed by atoms with Crippen molar-refractivity contribution in [2.24, 2.45) is 23.5 Å². The summed E-state index contributed by atoms with van der Waals surface area (Å²) in [5, 5.41) is 0. The molecule has 1 heterocycles. The molecular weight excluding hydrogens is 162 g/mol. The zero-order chi connectivity index (χ0) is 8.06. The molecule has 2 rings (SSSR count). The predicted molar refractivity (Wildman–Crippen MR) is 42.8 cm³/mol. The minimum absolute atomic E-state index is 0.402. The molecule has 2 aliphatic rings. The monoisotopic (exact) mass is 175 g/mol. The number of rotatable bonds is 1. The van der Waals surface area contributed by atoms with Crippen LogP contribution in [-0.2, 0) is 9.84 Å². The van der Waals surface area contributed by atoms with Crippen molar-refractivity contribution < 1.29 is 8.42 Å². The average Bonchev–Trinajstić information content (AvgIpc) is 2.12.